The van der Waals surface area contributed by atoms with Crippen LogP contribution in [-0.4, -0.2) is 9.52 Å². The predicted molar refractivity (Wildman–Crippen MR) is 189 cm³/mol. The van der Waals surface area contributed by atoms with Crippen LogP contribution in [0.1, 0.15) is 77.1 Å². The Morgan fingerprint density at radius 1 is 0.814 bits per heavy atom. The molecule has 43 heavy (non-hydrogen) atoms. The maximum atomic E-state index is 4.93. The van der Waals surface area contributed by atoms with E-state index in [0.29, 0.717) is 0 Å². The summed E-state index contributed by atoms with van der Waals surface area (Å²) in [6.45, 7) is 18.4. The number of rotatable bonds is 3. The average molecular weight is 701 g/mol. The molecule has 0 saturated heterocycles. The number of benzene rings is 4. The third-order valence-electron chi connectivity index (χ3n) is 7.98. The Balaban J connectivity index is 0.000000217. The van der Waals surface area contributed by atoms with Crippen LogP contribution in [0.15, 0.2) is 84.9 Å². The zero-order chi connectivity index (χ0) is 31.4. The van der Waals surface area contributed by atoms with E-state index in [1.165, 1.54) is 72.1 Å². The van der Waals surface area contributed by atoms with Crippen LogP contribution in [-0.2, 0) is 38.1 Å². The Hall–Kier alpha value is -1.83. The van der Waals surface area contributed by atoms with Gasteiger partial charge in [-0.05, 0) is 40.9 Å². The van der Waals surface area contributed by atoms with Gasteiger partial charge in [0.25, 0.3) is 0 Å². The average Bonchev–Trinajstić information content (AvgIpc) is 3.54. The molecule has 2 radical (unpaired) electrons. The summed E-state index contributed by atoms with van der Waals surface area (Å²) in [5.74, 6) is 0. The van der Waals surface area contributed by atoms with Crippen LogP contribution in [0.2, 0.25) is 0 Å². The van der Waals surface area contributed by atoms with Gasteiger partial charge in [0.05, 0.1) is 9.52 Å². The summed E-state index contributed by atoms with van der Waals surface area (Å²) in [5, 5.41) is 5.60. The minimum atomic E-state index is -0.826. The van der Waals surface area contributed by atoms with Gasteiger partial charge < -0.3 is 0 Å². The first-order valence-corrected chi connectivity index (χ1v) is 22.4. The van der Waals surface area contributed by atoms with Gasteiger partial charge in [0.1, 0.15) is 0 Å². The summed E-state index contributed by atoms with van der Waals surface area (Å²) in [6.07, 6.45) is 2.35. The van der Waals surface area contributed by atoms with Gasteiger partial charge in [-0.3, -0.25) is 0 Å². The Morgan fingerprint density at radius 2 is 1.44 bits per heavy atom. The van der Waals surface area contributed by atoms with Gasteiger partial charge in [0.2, 0.25) is 0 Å². The smallest absolute Gasteiger partial charge is 0.0920 e. The van der Waals surface area contributed by atoms with E-state index in [4.69, 9.17) is 17.0 Å². The second-order valence-electron chi connectivity index (χ2n) is 13.4. The topological polar surface area (TPSA) is 0 Å². The van der Waals surface area contributed by atoms with Crippen molar-refractivity contribution in [2.45, 2.75) is 79.1 Å². The molecule has 0 amide bonds. The third kappa shape index (κ3) is 8.26. The van der Waals surface area contributed by atoms with Crippen LogP contribution in [0.5, 0.6) is 0 Å². The zero-order valence-electron chi connectivity index (χ0n) is 26.8. The van der Waals surface area contributed by atoms with E-state index in [9.17, 15) is 0 Å². The molecule has 0 spiro atoms. The van der Waals surface area contributed by atoms with Crippen molar-refractivity contribution >= 4 is 47.7 Å². The first kappa shape index (κ1) is 34.1. The van der Waals surface area contributed by atoms with Crippen molar-refractivity contribution in [2.24, 2.45) is 0 Å². The summed E-state index contributed by atoms with van der Waals surface area (Å²) >= 11 is -0.826. The van der Waals surface area contributed by atoms with Gasteiger partial charge in [0, 0.05) is 0 Å². The molecule has 1 heterocycles. The van der Waals surface area contributed by atoms with Crippen LogP contribution in [0.3, 0.4) is 0 Å². The van der Waals surface area contributed by atoms with Crippen LogP contribution < -0.4 is 10.4 Å². The molecule has 5 aromatic rings. The van der Waals surface area contributed by atoms with Gasteiger partial charge in [0.15, 0.2) is 0 Å². The van der Waals surface area contributed by atoms with Crippen molar-refractivity contribution in [3.63, 3.8) is 0 Å². The molecule has 0 aliphatic carbocycles. The molecule has 0 fully saturated rings. The number of hydrogen-bond donors (Lipinski definition) is 0. The first-order chi connectivity index (χ1) is 20.4. The summed E-state index contributed by atoms with van der Waals surface area (Å²) in [5.41, 5.74) is 11.5. The standard InChI is InChI=1S/C27H35.C12H7Si.2ClH.Zr/c1-9-10-19-13-20-12-11-18(2)25(24(20)14-19)21-15-22(26(3,4)5)17-23(16-21)27(6,7)8;1-3-7-11-9(5-1)10-6-2-4-8-12(10)13-11;;;/h11-17H,9-10H2,1-8H3;1-7H;2*1H;/q2*-1;;;+4/p-2. The minimum Gasteiger partial charge on any atom is -0.184 e. The predicted octanol–water partition coefficient (Wildman–Crippen LogP) is 10.6. The molecule has 5 aromatic carbocycles. The van der Waals surface area contributed by atoms with Gasteiger partial charge in [-0.2, -0.15) is 35.5 Å². The van der Waals surface area contributed by atoms with E-state index in [0.717, 1.165) is 15.9 Å². The number of fused-ring (bicyclic) bond motifs is 4. The van der Waals surface area contributed by atoms with Crippen molar-refractivity contribution in [1.29, 1.82) is 0 Å². The largest absolute Gasteiger partial charge is 0.184 e. The summed E-state index contributed by atoms with van der Waals surface area (Å²) in [7, 11) is 10.7. The molecule has 0 unspecified atom stereocenters. The maximum Gasteiger partial charge on any atom is 0.0920 e. The Labute approximate surface area is 281 Å². The molecule has 6 rings (SSSR count). The molecule has 1 aliphatic heterocycles. The SMILES string of the molecule is CCCc1cc2c(-c3cc(C(C)(C)C)cc(C(C)(C)C)c3)c(C)ccc2[cH-]1.[Cl][Zr+2][Cl].[c-]1cccc2c1[Si]c1ccccc1-2. The molecule has 220 valence electrons. The molecule has 0 aromatic heterocycles. The third-order valence-corrected chi connectivity index (χ3v) is 9.35. The first-order valence-electron chi connectivity index (χ1n) is 15.1. The molecule has 0 N–H and O–H groups in total. The van der Waals surface area contributed by atoms with Gasteiger partial charge in [-0.25, -0.2) is 0 Å². The van der Waals surface area contributed by atoms with Gasteiger partial charge in [-0.1, -0.05) is 119 Å². The van der Waals surface area contributed by atoms with Crippen molar-refractivity contribution in [3.05, 3.63) is 113 Å². The molecule has 0 nitrogen and oxygen atoms in total. The molecule has 4 heteroatoms. The molecule has 0 atom stereocenters. The van der Waals surface area contributed by atoms with Gasteiger partial charge >= 0.3 is 37.9 Å². The number of aryl methyl sites for hydroxylation is 2. The van der Waals surface area contributed by atoms with E-state index in [1.54, 1.807) is 0 Å². The minimum absolute atomic E-state index is 0.136. The summed E-state index contributed by atoms with van der Waals surface area (Å²) in [6, 6.07) is 34.8. The van der Waals surface area contributed by atoms with Crippen LogP contribution in [0, 0.1) is 13.0 Å². The van der Waals surface area contributed by atoms with E-state index in [1.807, 2.05) is 6.07 Å². The van der Waals surface area contributed by atoms with Gasteiger partial charge in [-0.15, -0.1) is 40.1 Å². The second-order valence-corrected chi connectivity index (χ2v) is 18.4. The molecule has 1 aliphatic rings. The fourth-order valence-corrected chi connectivity index (χ4v) is 6.94. The van der Waals surface area contributed by atoms with Crippen LogP contribution in [0.4, 0.5) is 0 Å². The van der Waals surface area contributed by atoms with Crippen LogP contribution in [0.25, 0.3) is 33.0 Å². The van der Waals surface area contributed by atoms with E-state index in [-0.39, 0.29) is 10.8 Å². The fourth-order valence-electron chi connectivity index (χ4n) is 5.63. The monoisotopic (exact) mass is 698 g/mol. The Bertz CT molecular complexity index is 1610. The normalized spacial score (nSPS) is 12.0. The van der Waals surface area contributed by atoms with Crippen molar-refractivity contribution in [2.75, 3.05) is 0 Å². The summed E-state index contributed by atoms with van der Waals surface area (Å²) < 4.78 is 0. The molecular weight excluding hydrogens is 659 g/mol. The van der Waals surface area contributed by atoms with E-state index in [2.05, 4.69) is 140 Å². The Kier molecular flexibility index (Phi) is 11.5. The molecule has 0 saturated carbocycles. The zero-order valence-corrected chi connectivity index (χ0v) is 31.7. The van der Waals surface area contributed by atoms with E-state index < -0.39 is 20.8 Å². The van der Waals surface area contributed by atoms with Crippen molar-refractivity contribution in [3.8, 4) is 22.3 Å². The maximum absolute atomic E-state index is 4.93. The van der Waals surface area contributed by atoms with Crippen LogP contribution >= 0.6 is 17.0 Å². The fraction of sp³-hybridized carbons (Fsp3) is 0.308. The van der Waals surface area contributed by atoms with Crippen molar-refractivity contribution < 1.29 is 20.8 Å². The number of halogens is 2. The van der Waals surface area contributed by atoms with E-state index >= 15 is 0 Å². The summed E-state index contributed by atoms with van der Waals surface area (Å²) in [4.78, 5) is 0. The molecule has 0 bridgehead atoms. The van der Waals surface area contributed by atoms with Crippen molar-refractivity contribution in [1.82, 2.24) is 0 Å². The quantitative estimate of drug-likeness (QED) is 0.127. The molecular formula is C39H42Cl2SiZr. The second kappa shape index (κ2) is 14.5. The Morgan fingerprint density at radius 3 is 2.07 bits per heavy atom. The number of hydrogen-bond acceptors (Lipinski definition) is 0.